The monoisotopic (exact) mass is 235 g/mol. The summed E-state index contributed by atoms with van der Waals surface area (Å²) in [6.45, 7) is 1.79. The Kier molecular flexibility index (Phi) is 3.87. The smallest absolute Gasteiger partial charge is 0.271 e. The first kappa shape index (κ1) is 11.8. The number of nitrogens with two attached hydrogens (primary N) is 1. The van der Waals surface area contributed by atoms with Gasteiger partial charge in [0.25, 0.3) is 5.91 Å². The minimum Gasteiger partial charge on any atom is -0.367 e. The summed E-state index contributed by atoms with van der Waals surface area (Å²) in [4.78, 5) is 19.1. The molecule has 17 heavy (non-hydrogen) atoms. The van der Waals surface area contributed by atoms with E-state index < -0.39 is 5.91 Å². The lowest BCUT2D eigenvalue weighted by molar-refractivity contribution is 0.0996. The molecule has 1 atom stereocenters. The number of carbonyl (C=O) groups is 1. The number of nitrogens with one attached hydrogen (secondary N) is 2. The highest BCUT2D eigenvalue weighted by Crippen LogP contribution is 2.10. The summed E-state index contributed by atoms with van der Waals surface area (Å²) < 4.78 is 0. The molecule has 1 fully saturated rings. The maximum Gasteiger partial charge on any atom is 0.271 e. The van der Waals surface area contributed by atoms with Crippen LogP contribution in [-0.2, 0) is 0 Å². The van der Waals surface area contributed by atoms with E-state index >= 15 is 0 Å². The van der Waals surface area contributed by atoms with Gasteiger partial charge in [0.2, 0.25) is 0 Å². The Bertz CT molecular complexity index is 389. The molecule has 1 aliphatic heterocycles. The van der Waals surface area contributed by atoms with Crippen LogP contribution in [0.4, 0.5) is 5.82 Å². The van der Waals surface area contributed by atoms with Gasteiger partial charge in [0.15, 0.2) is 11.5 Å². The van der Waals surface area contributed by atoms with E-state index in [0.29, 0.717) is 11.9 Å². The first-order valence-electron chi connectivity index (χ1n) is 5.85. The van der Waals surface area contributed by atoms with Crippen molar-refractivity contribution in [1.29, 1.82) is 0 Å². The van der Waals surface area contributed by atoms with Crippen molar-refractivity contribution < 1.29 is 4.79 Å². The second kappa shape index (κ2) is 5.58. The predicted molar refractivity (Wildman–Crippen MR) is 64.7 cm³/mol. The van der Waals surface area contributed by atoms with Crippen LogP contribution in [0.5, 0.6) is 0 Å². The van der Waals surface area contributed by atoms with E-state index in [1.165, 1.54) is 19.0 Å². The summed E-state index contributed by atoms with van der Waals surface area (Å²) in [7, 11) is 0. The molecule has 0 spiro atoms. The molecular weight excluding hydrogens is 218 g/mol. The van der Waals surface area contributed by atoms with E-state index in [4.69, 9.17) is 5.73 Å². The highest BCUT2D eigenvalue weighted by Gasteiger charge is 2.15. The van der Waals surface area contributed by atoms with Gasteiger partial charge < -0.3 is 16.4 Å². The Balaban J connectivity index is 1.96. The predicted octanol–water partition coefficient (Wildman–Crippen LogP) is 0.129. The lowest BCUT2D eigenvalue weighted by atomic mass is 10.1. The number of hydrogen-bond donors (Lipinski definition) is 3. The van der Waals surface area contributed by atoms with Gasteiger partial charge in [0.05, 0.1) is 0 Å². The number of anilines is 1. The third kappa shape index (κ3) is 3.13. The topological polar surface area (TPSA) is 92.9 Å². The van der Waals surface area contributed by atoms with Crippen LogP contribution in [0, 0.1) is 0 Å². The Morgan fingerprint density at radius 1 is 1.47 bits per heavy atom. The van der Waals surface area contributed by atoms with Gasteiger partial charge in [-0.25, -0.2) is 9.97 Å². The van der Waals surface area contributed by atoms with E-state index in [2.05, 4.69) is 20.6 Å². The minimum atomic E-state index is -0.558. The Morgan fingerprint density at radius 2 is 2.29 bits per heavy atom. The maximum atomic E-state index is 11.1. The van der Waals surface area contributed by atoms with Crippen LogP contribution in [0.25, 0.3) is 0 Å². The highest BCUT2D eigenvalue weighted by atomic mass is 16.1. The number of aromatic nitrogens is 2. The second-order valence-corrected chi connectivity index (χ2v) is 4.15. The second-order valence-electron chi connectivity index (χ2n) is 4.15. The number of nitrogens with zero attached hydrogens (tertiary/aromatic N) is 2. The van der Waals surface area contributed by atoms with Crippen molar-refractivity contribution in [3.05, 3.63) is 18.1 Å². The molecule has 1 saturated heterocycles. The van der Waals surface area contributed by atoms with Crippen LogP contribution in [0.2, 0.25) is 0 Å². The van der Waals surface area contributed by atoms with Gasteiger partial charge >= 0.3 is 0 Å². The third-order valence-electron chi connectivity index (χ3n) is 2.86. The van der Waals surface area contributed by atoms with Crippen molar-refractivity contribution >= 4 is 11.7 Å². The molecule has 4 N–H and O–H groups in total. The molecule has 92 valence electrons. The molecule has 1 aromatic rings. The fraction of sp³-hybridized carbons (Fsp3) is 0.545. The molecule has 6 nitrogen and oxygen atoms in total. The lowest BCUT2D eigenvalue weighted by Crippen LogP contribution is -2.39. The zero-order valence-electron chi connectivity index (χ0n) is 9.65. The van der Waals surface area contributed by atoms with Crippen molar-refractivity contribution in [2.24, 2.45) is 5.73 Å². The standard InChI is InChI=1S/C11H17N5O/c12-10(17)9-11(15-6-5-14-9)16-7-8-3-1-2-4-13-8/h5-6,8,13H,1-4,7H2,(H2,12,17)(H,15,16). The van der Waals surface area contributed by atoms with E-state index in [0.717, 1.165) is 19.5 Å². The number of piperidine rings is 1. The van der Waals surface area contributed by atoms with Crippen molar-refractivity contribution in [2.75, 3.05) is 18.4 Å². The fourth-order valence-corrected chi connectivity index (χ4v) is 1.97. The molecule has 0 radical (unpaired) electrons. The van der Waals surface area contributed by atoms with Gasteiger partial charge in [-0.15, -0.1) is 0 Å². The summed E-state index contributed by atoms with van der Waals surface area (Å²) in [6, 6.07) is 0.423. The Labute approximate surface area is 100 Å². The summed E-state index contributed by atoms with van der Waals surface area (Å²) in [5.74, 6) is -0.0930. The molecule has 0 bridgehead atoms. The van der Waals surface area contributed by atoms with Crippen molar-refractivity contribution in [1.82, 2.24) is 15.3 Å². The molecule has 1 aromatic heterocycles. The zero-order valence-corrected chi connectivity index (χ0v) is 9.65. The Hall–Kier alpha value is -1.69. The normalized spacial score (nSPS) is 19.9. The average Bonchev–Trinajstić information content (AvgIpc) is 2.38. The first-order valence-corrected chi connectivity index (χ1v) is 5.85. The molecule has 6 heteroatoms. The van der Waals surface area contributed by atoms with Crippen molar-refractivity contribution in [3.8, 4) is 0 Å². The molecule has 0 aliphatic carbocycles. The van der Waals surface area contributed by atoms with Gasteiger partial charge in [-0.3, -0.25) is 4.79 Å². The molecule has 1 amide bonds. The van der Waals surface area contributed by atoms with Crippen LogP contribution < -0.4 is 16.4 Å². The van der Waals surface area contributed by atoms with E-state index in [-0.39, 0.29) is 5.69 Å². The quantitative estimate of drug-likeness (QED) is 0.689. The Morgan fingerprint density at radius 3 is 3.00 bits per heavy atom. The van der Waals surface area contributed by atoms with E-state index in [1.54, 1.807) is 6.20 Å². The molecule has 0 saturated carbocycles. The van der Waals surface area contributed by atoms with Gasteiger partial charge in [-0.05, 0) is 19.4 Å². The van der Waals surface area contributed by atoms with Crippen LogP contribution in [0.1, 0.15) is 29.8 Å². The lowest BCUT2D eigenvalue weighted by Gasteiger charge is -2.23. The van der Waals surface area contributed by atoms with Gasteiger partial charge in [0.1, 0.15) is 0 Å². The summed E-state index contributed by atoms with van der Waals surface area (Å²) in [5.41, 5.74) is 5.42. The maximum absolute atomic E-state index is 11.1. The van der Waals surface area contributed by atoms with Gasteiger partial charge in [-0.2, -0.15) is 0 Å². The molecule has 1 aliphatic rings. The third-order valence-corrected chi connectivity index (χ3v) is 2.86. The average molecular weight is 235 g/mol. The van der Waals surface area contributed by atoms with Crippen LogP contribution >= 0.6 is 0 Å². The van der Waals surface area contributed by atoms with Gasteiger partial charge in [0, 0.05) is 25.0 Å². The van der Waals surface area contributed by atoms with Gasteiger partial charge in [-0.1, -0.05) is 6.42 Å². The van der Waals surface area contributed by atoms with Crippen LogP contribution in [-0.4, -0.2) is 35.0 Å². The minimum absolute atomic E-state index is 0.198. The number of hydrogen-bond acceptors (Lipinski definition) is 5. The molecule has 0 aromatic carbocycles. The number of rotatable bonds is 4. The fourth-order valence-electron chi connectivity index (χ4n) is 1.97. The molecule has 1 unspecified atom stereocenters. The molecule has 2 rings (SSSR count). The highest BCUT2D eigenvalue weighted by molar-refractivity contribution is 5.95. The first-order chi connectivity index (χ1) is 8.27. The zero-order chi connectivity index (χ0) is 12.1. The molecule has 2 heterocycles. The van der Waals surface area contributed by atoms with Crippen molar-refractivity contribution in [2.45, 2.75) is 25.3 Å². The summed E-state index contributed by atoms with van der Waals surface area (Å²) in [6.07, 6.45) is 6.61. The number of amides is 1. The largest absolute Gasteiger partial charge is 0.367 e. The van der Waals surface area contributed by atoms with E-state index in [9.17, 15) is 4.79 Å². The number of carbonyl (C=O) groups excluding carboxylic acids is 1. The summed E-state index contributed by atoms with van der Waals surface area (Å²) >= 11 is 0. The van der Waals surface area contributed by atoms with Crippen LogP contribution in [0.3, 0.4) is 0 Å². The number of primary amides is 1. The SMILES string of the molecule is NC(=O)c1nccnc1NCC1CCCCN1. The summed E-state index contributed by atoms with van der Waals surface area (Å²) in [5, 5.41) is 6.54. The van der Waals surface area contributed by atoms with E-state index in [1.807, 2.05) is 0 Å². The molecular formula is C11H17N5O. The van der Waals surface area contributed by atoms with Crippen LogP contribution in [0.15, 0.2) is 12.4 Å². The van der Waals surface area contributed by atoms with Crippen molar-refractivity contribution in [3.63, 3.8) is 0 Å².